The van der Waals surface area contributed by atoms with E-state index in [1.54, 1.807) is 6.08 Å². The highest BCUT2D eigenvalue weighted by atomic mass is 16.6. The second-order valence-electron chi connectivity index (χ2n) is 4.02. The minimum absolute atomic E-state index is 0.0149. The third-order valence-electron chi connectivity index (χ3n) is 2.37. The molecular weight excluding hydrogens is 250 g/mol. The Hall–Kier alpha value is -2.37. The van der Waals surface area contributed by atoms with Gasteiger partial charge in [-0.15, -0.1) is 0 Å². The minimum Gasteiger partial charge on any atom is -0.489 e. The fraction of sp³-hybridized carbons (Fsp3) is 0.308. The number of carboxylic acids is 1. The number of aliphatic carboxylic acids is 1. The molecule has 0 heterocycles. The lowest BCUT2D eigenvalue weighted by molar-refractivity contribution is -0.384. The maximum Gasteiger partial charge on any atom is 0.303 e. The molecule has 0 aliphatic carbocycles. The number of nitrogens with zero attached hydrogens (tertiary/aromatic N) is 1. The van der Waals surface area contributed by atoms with Gasteiger partial charge in [-0.3, -0.25) is 14.9 Å². The van der Waals surface area contributed by atoms with E-state index in [0.717, 1.165) is 5.57 Å². The molecule has 0 saturated carbocycles. The predicted molar refractivity (Wildman–Crippen MR) is 69.2 cm³/mol. The highest BCUT2D eigenvalue weighted by Crippen LogP contribution is 2.17. The molecule has 19 heavy (non-hydrogen) atoms. The zero-order chi connectivity index (χ0) is 14.3. The van der Waals surface area contributed by atoms with Crippen LogP contribution in [0.2, 0.25) is 0 Å². The molecule has 1 N–H and O–H groups in total. The molecule has 6 nitrogen and oxygen atoms in total. The first-order chi connectivity index (χ1) is 8.99. The number of hydrogen-bond donors (Lipinski definition) is 1. The Labute approximate surface area is 110 Å². The Bertz CT molecular complexity index is 478. The molecule has 0 unspecified atom stereocenters. The summed E-state index contributed by atoms with van der Waals surface area (Å²) < 4.78 is 5.42. The molecule has 0 atom stereocenters. The van der Waals surface area contributed by atoms with Crippen LogP contribution in [-0.2, 0) is 4.79 Å². The van der Waals surface area contributed by atoms with E-state index in [1.165, 1.54) is 24.3 Å². The van der Waals surface area contributed by atoms with E-state index in [1.807, 2.05) is 6.92 Å². The first-order valence-electron chi connectivity index (χ1n) is 5.73. The van der Waals surface area contributed by atoms with Crippen molar-refractivity contribution in [1.29, 1.82) is 0 Å². The Morgan fingerprint density at radius 1 is 1.42 bits per heavy atom. The molecule has 6 heteroatoms. The Balaban J connectivity index is 2.43. The van der Waals surface area contributed by atoms with Gasteiger partial charge in [0.05, 0.1) is 4.92 Å². The van der Waals surface area contributed by atoms with Crippen LogP contribution in [0.15, 0.2) is 35.9 Å². The normalized spacial score (nSPS) is 11.1. The summed E-state index contributed by atoms with van der Waals surface area (Å²) in [6.07, 6.45) is 2.36. The highest BCUT2D eigenvalue weighted by Gasteiger charge is 2.04. The summed E-state index contributed by atoms with van der Waals surface area (Å²) in [7, 11) is 0. The molecule has 0 radical (unpaired) electrons. The fourth-order valence-corrected chi connectivity index (χ4v) is 1.36. The van der Waals surface area contributed by atoms with Gasteiger partial charge in [0.2, 0.25) is 0 Å². The van der Waals surface area contributed by atoms with Crippen LogP contribution in [0.4, 0.5) is 5.69 Å². The van der Waals surface area contributed by atoms with Crippen molar-refractivity contribution in [3.8, 4) is 5.75 Å². The number of carboxylic acid groups (broad SMARTS) is 1. The number of allylic oxidation sites excluding steroid dienone is 1. The van der Waals surface area contributed by atoms with E-state index >= 15 is 0 Å². The first kappa shape index (κ1) is 14.7. The number of non-ortho nitro benzene ring substituents is 1. The smallest absolute Gasteiger partial charge is 0.303 e. The molecule has 0 amide bonds. The van der Waals surface area contributed by atoms with Crippen LogP contribution in [0.3, 0.4) is 0 Å². The third kappa shape index (κ3) is 5.67. The lowest BCUT2D eigenvalue weighted by Crippen LogP contribution is -1.99. The van der Waals surface area contributed by atoms with Crippen LogP contribution in [0.1, 0.15) is 19.8 Å². The van der Waals surface area contributed by atoms with Crippen molar-refractivity contribution in [3.63, 3.8) is 0 Å². The monoisotopic (exact) mass is 265 g/mol. The van der Waals surface area contributed by atoms with Crippen LogP contribution in [0.5, 0.6) is 5.75 Å². The standard InChI is InChI=1S/C13H15NO5/c1-10(3-2-4-13(15)16)9-19-12-7-5-11(6-8-12)14(17)18/h3,5-8H,2,4,9H2,1H3,(H,15,16)/b10-3+. The molecule has 0 fully saturated rings. The van der Waals surface area contributed by atoms with E-state index in [4.69, 9.17) is 9.84 Å². The van der Waals surface area contributed by atoms with Gasteiger partial charge in [0.15, 0.2) is 0 Å². The molecule has 0 aromatic heterocycles. The number of carbonyl (C=O) groups is 1. The van der Waals surface area contributed by atoms with Crippen molar-refractivity contribution < 1.29 is 19.6 Å². The number of ether oxygens (including phenoxy) is 1. The summed E-state index contributed by atoms with van der Waals surface area (Å²) in [6, 6.07) is 5.81. The molecule has 0 aliphatic heterocycles. The van der Waals surface area contributed by atoms with Crippen molar-refractivity contribution in [2.45, 2.75) is 19.8 Å². The zero-order valence-electron chi connectivity index (χ0n) is 10.5. The molecular formula is C13H15NO5. The molecule has 0 aliphatic rings. The van der Waals surface area contributed by atoms with E-state index in [-0.39, 0.29) is 12.1 Å². The Morgan fingerprint density at radius 3 is 2.58 bits per heavy atom. The van der Waals surface area contributed by atoms with Crippen LogP contribution in [0.25, 0.3) is 0 Å². The van der Waals surface area contributed by atoms with Crippen molar-refractivity contribution >= 4 is 11.7 Å². The lowest BCUT2D eigenvalue weighted by Gasteiger charge is -2.06. The second kappa shape index (κ2) is 7.15. The van der Waals surface area contributed by atoms with Gasteiger partial charge in [0.1, 0.15) is 12.4 Å². The van der Waals surface area contributed by atoms with Crippen LogP contribution >= 0.6 is 0 Å². The summed E-state index contributed by atoms with van der Waals surface area (Å²) in [6.45, 7) is 2.17. The van der Waals surface area contributed by atoms with E-state index < -0.39 is 10.9 Å². The van der Waals surface area contributed by atoms with Gasteiger partial charge < -0.3 is 9.84 Å². The average Bonchev–Trinajstić information content (AvgIpc) is 2.36. The zero-order valence-corrected chi connectivity index (χ0v) is 10.5. The van der Waals surface area contributed by atoms with Crippen LogP contribution in [0, 0.1) is 10.1 Å². The maximum absolute atomic E-state index is 10.5. The summed E-state index contributed by atoms with van der Waals surface area (Å²) in [4.78, 5) is 20.3. The first-order valence-corrected chi connectivity index (χ1v) is 5.73. The molecule has 102 valence electrons. The number of rotatable bonds is 7. The summed E-state index contributed by atoms with van der Waals surface area (Å²) in [5.74, 6) is -0.295. The number of nitro groups is 1. The average molecular weight is 265 g/mol. The molecule has 0 saturated heterocycles. The number of nitro benzene ring substituents is 1. The summed E-state index contributed by atoms with van der Waals surface area (Å²) in [5, 5.41) is 18.9. The molecule has 1 aromatic carbocycles. The van der Waals surface area contributed by atoms with Gasteiger partial charge in [-0.25, -0.2) is 0 Å². The van der Waals surface area contributed by atoms with Gasteiger partial charge in [-0.05, 0) is 31.1 Å². The fourth-order valence-electron chi connectivity index (χ4n) is 1.36. The van der Waals surface area contributed by atoms with Gasteiger partial charge in [0.25, 0.3) is 5.69 Å². The van der Waals surface area contributed by atoms with Gasteiger partial charge in [0, 0.05) is 18.6 Å². The van der Waals surface area contributed by atoms with E-state index in [0.29, 0.717) is 18.8 Å². The van der Waals surface area contributed by atoms with Crippen molar-refractivity contribution in [3.05, 3.63) is 46.0 Å². The lowest BCUT2D eigenvalue weighted by atomic mass is 10.2. The predicted octanol–water partition coefficient (Wildman–Crippen LogP) is 2.78. The molecule has 1 rings (SSSR count). The SMILES string of the molecule is C/C(=C\CCC(=O)O)COc1ccc([N+](=O)[O-])cc1. The van der Waals surface area contributed by atoms with Crippen molar-refractivity contribution in [2.75, 3.05) is 6.61 Å². The third-order valence-corrected chi connectivity index (χ3v) is 2.37. The largest absolute Gasteiger partial charge is 0.489 e. The molecule has 0 spiro atoms. The summed E-state index contributed by atoms with van der Waals surface area (Å²) >= 11 is 0. The molecule has 0 bridgehead atoms. The van der Waals surface area contributed by atoms with Crippen molar-refractivity contribution in [1.82, 2.24) is 0 Å². The second-order valence-corrected chi connectivity index (χ2v) is 4.02. The summed E-state index contributed by atoms with van der Waals surface area (Å²) in [5.41, 5.74) is 0.931. The van der Waals surface area contributed by atoms with Crippen LogP contribution < -0.4 is 4.74 Å². The van der Waals surface area contributed by atoms with Gasteiger partial charge in [-0.1, -0.05) is 6.08 Å². The highest BCUT2D eigenvalue weighted by molar-refractivity contribution is 5.66. The number of benzene rings is 1. The van der Waals surface area contributed by atoms with Crippen LogP contribution in [-0.4, -0.2) is 22.6 Å². The number of hydrogen-bond acceptors (Lipinski definition) is 4. The Morgan fingerprint density at radius 2 is 2.05 bits per heavy atom. The van der Waals surface area contributed by atoms with E-state index in [2.05, 4.69) is 0 Å². The quantitative estimate of drug-likeness (QED) is 0.465. The van der Waals surface area contributed by atoms with Crippen molar-refractivity contribution in [2.24, 2.45) is 0 Å². The van der Waals surface area contributed by atoms with Gasteiger partial charge >= 0.3 is 5.97 Å². The Kier molecular flexibility index (Phi) is 5.53. The topological polar surface area (TPSA) is 89.7 Å². The van der Waals surface area contributed by atoms with Gasteiger partial charge in [-0.2, -0.15) is 0 Å². The maximum atomic E-state index is 10.5. The van der Waals surface area contributed by atoms with E-state index in [9.17, 15) is 14.9 Å². The molecule has 1 aromatic rings. The minimum atomic E-state index is -0.833.